The minimum absolute atomic E-state index is 0.0199. The third-order valence-electron chi connectivity index (χ3n) is 3.73. The zero-order valence-electron chi connectivity index (χ0n) is 13.9. The highest BCUT2D eigenvalue weighted by Gasteiger charge is 2.38. The van der Waals surface area contributed by atoms with Crippen molar-refractivity contribution in [2.45, 2.75) is 4.90 Å². The Balaban J connectivity index is 1.82. The first-order chi connectivity index (χ1) is 12.8. The Morgan fingerprint density at radius 3 is 2.30 bits per heavy atom. The van der Waals surface area contributed by atoms with Gasteiger partial charge < -0.3 is 4.84 Å². The number of carbonyl (C=O) groups excluding carboxylic acids is 3. The van der Waals surface area contributed by atoms with Crippen molar-refractivity contribution in [2.24, 2.45) is 0 Å². The molecule has 0 fully saturated rings. The van der Waals surface area contributed by atoms with Crippen molar-refractivity contribution in [1.29, 1.82) is 0 Å². The van der Waals surface area contributed by atoms with E-state index in [-0.39, 0.29) is 28.1 Å². The molecule has 0 atom stereocenters. The first-order valence-corrected chi connectivity index (χ1v) is 9.24. The van der Waals surface area contributed by atoms with E-state index in [0.29, 0.717) is 5.06 Å². The molecular weight excluding hydrogens is 372 g/mol. The first kappa shape index (κ1) is 18.5. The molecule has 1 heterocycles. The van der Waals surface area contributed by atoms with Crippen molar-refractivity contribution in [3.63, 3.8) is 0 Å². The van der Waals surface area contributed by atoms with Crippen LogP contribution in [0.25, 0.3) is 0 Å². The molecule has 1 aliphatic heterocycles. The number of hydroxylamine groups is 2. The van der Waals surface area contributed by atoms with E-state index >= 15 is 0 Å². The van der Waals surface area contributed by atoms with E-state index in [0.717, 1.165) is 6.07 Å². The van der Waals surface area contributed by atoms with E-state index in [9.17, 15) is 22.8 Å². The molecule has 27 heavy (non-hydrogen) atoms. The van der Waals surface area contributed by atoms with Gasteiger partial charge in [-0.15, -0.1) is 6.58 Å². The average molecular weight is 386 g/mol. The maximum absolute atomic E-state index is 12.3. The lowest BCUT2D eigenvalue weighted by molar-refractivity contribution is -0.0584. The third kappa shape index (κ3) is 3.50. The van der Waals surface area contributed by atoms with E-state index in [1.165, 1.54) is 36.4 Å². The Kier molecular flexibility index (Phi) is 4.89. The van der Waals surface area contributed by atoms with E-state index < -0.39 is 27.8 Å². The topological polar surface area (TPSA) is 110 Å². The fourth-order valence-electron chi connectivity index (χ4n) is 2.43. The van der Waals surface area contributed by atoms with Crippen molar-refractivity contribution in [3.8, 4) is 0 Å². The predicted molar refractivity (Wildman–Crippen MR) is 94.2 cm³/mol. The number of rotatable bonds is 6. The summed E-state index contributed by atoms with van der Waals surface area (Å²) in [5, 5.41) is 0.365. The summed E-state index contributed by atoms with van der Waals surface area (Å²) in [4.78, 5) is 41.5. The second-order valence-corrected chi connectivity index (χ2v) is 7.26. The second kappa shape index (κ2) is 7.14. The van der Waals surface area contributed by atoms with Crippen molar-refractivity contribution in [2.75, 3.05) is 6.54 Å². The molecule has 9 heteroatoms. The smallest absolute Gasteiger partial charge is 0.324 e. The minimum Gasteiger partial charge on any atom is -0.324 e. The van der Waals surface area contributed by atoms with Gasteiger partial charge in [0.15, 0.2) is 0 Å². The molecule has 0 saturated carbocycles. The largest absolute Gasteiger partial charge is 0.363 e. The number of fused-ring (bicyclic) bond motifs is 1. The van der Waals surface area contributed by atoms with Gasteiger partial charge in [-0.2, -0.15) is 0 Å². The molecule has 138 valence electrons. The number of benzene rings is 2. The summed E-state index contributed by atoms with van der Waals surface area (Å²) in [5.41, 5.74) is 0.119. The molecule has 0 aliphatic carbocycles. The van der Waals surface area contributed by atoms with Crippen LogP contribution in [0, 0.1) is 0 Å². The molecule has 0 saturated heterocycles. The Morgan fingerprint density at radius 1 is 1.07 bits per heavy atom. The number of hydrogen-bond donors (Lipinski definition) is 1. The molecule has 0 bridgehead atoms. The van der Waals surface area contributed by atoms with Crippen molar-refractivity contribution < 1.29 is 27.6 Å². The van der Waals surface area contributed by atoms with Crippen LogP contribution in [0.5, 0.6) is 0 Å². The molecule has 2 aromatic rings. The average Bonchev–Trinajstić information content (AvgIpc) is 2.92. The van der Waals surface area contributed by atoms with E-state index in [1.54, 1.807) is 12.1 Å². The summed E-state index contributed by atoms with van der Waals surface area (Å²) in [6.07, 6.45) is 1.37. The van der Waals surface area contributed by atoms with Gasteiger partial charge in [0.2, 0.25) is 10.0 Å². The Bertz CT molecular complexity index is 1030. The Hall–Kier alpha value is -3.30. The van der Waals surface area contributed by atoms with Gasteiger partial charge in [-0.3, -0.25) is 9.59 Å². The van der Waals surface area contributed by atoms with Crippen LogP contribution in [0.15, 0.2) is 66.1 Å². The number of sulfonamides is 1. The predicted octanol–water partition coefficient (Wildman–Crippen LogP) is 1.52. The maximum Gasteiger partial charge on any atom is 0.363 e. The number of hydrogen-bond acceptors (Lipinski definition) is 6. The molecule has 1 N–H and O–H groups in total. The standard InChI is InChI=1S/C18H14N2O6S/c1-2-10-19-27(24,25)13-7-5-6-12(11-13)18(23)26-20-16(21)14-8-3-4-9-15(14)17(20)22/h2-9,11,19H,1,10H2. The Morgan fingerprint density at radius 2 is 1.70 bits per heavy atom. The van der Waals surface area contributed by atoms with Crippen LogP contribution < -0.4 is 4.72 Å². The maximum atomic E-state index is 12.3. The summed E-state index contributed by atoms with van der Waals surface area (Å²) in [7, 11) is -3.85. The molecule has 8 nitrogen and oxygen atoms in total. The fourth-order valence-corrected chi connectivity index (χ4v) is 3.47. The molecule has 0 spiro atoms. The second-order valence-electron chi connectivity index (χ2n) is 5.50. The highest BCUT2D eigenvalue weighted by Crippen LogP contribution is 2.23. The quantitative estimate of drug-likeness (QED) is 0.595. The minimum atomic E-state index is -3.85. The zero-order chi connectivity index (χ0) is 19.6. The summed E-state index contributed by atoms with van der Waals surface area (Å²) in [5.74, 6) is -2.56. The van der Waals surface area contributed by atoms with Crippen LogP contribution in [-0.4, -0.2) is 37.8 Å². The van der Waals surface area contributed by atoms with Gasteiger partial charge in [0.05, 0.1) is 21.6 Å². The third-order valence-corrected chi connectivity index (χ3v) is 5.15. The van der Waals surface area contributed by atoms with Crippen molar-refractivity contribution in [1.82, 2.24) is 9.79 Å². The molecular formula is C18H14N2O6S. The van der Waals surface area contributed by atoms with Crippen LogP contribution in [-0.2, 0) is 14.9 Å². The lowest BCUT2D eigenvalue weighted by atomic mass is 10.1. The van der Waals surface area contributed by atoms with Crippen LogP contribution >= 0.6 is 0 Å². The van der Waals surface area contributed by atoms with E-state index in [4.69, 9.17) is 4.84 Å². The zero-order valence-corrected chi connectivity index (χ0v) is 14.7. The highest BCUT2D eigenvalue weighted by molar-refractivity contribution is 7.89. The summed E-state index contributed by atoms with van der Waals surface area (Å²) in [6.45, 7) is 3.44. The van der Waals surface area contributed by atoms with Crippen molar-refractivity contribution in [3.05, 3.63) is 77.9 Å². The molecule has 1 aliphatic rings. The molecule has 2 amide bonds. The summed E-state index contributed by atoms with van der Waals surface area (Å²) in [6, 6.07) is 11.1. The lowest BCUT2D eigenvalue weighted by Gasteiger charge is -2.13. The molecule has 3 rings (SSSR count). The molecule has 0 unspecified atom stereocenters. The number of imide groups is 1. The van der Waals surface area contributed by atoms with E-state index in [2.05, 4.69) is 11.3 Å². The molecule has 2 aromatic carbocycles. The number of nitrogens with zero attached hydrogens (tertiary/aromatic N) is 1. The van der Waals surface area contributed by atoms with Crippen LogP contribution in [0.2, 0.25) is 0 Å². The number of nitrogens with one attached hydrogen (secondary N) is 1. The van der Waals surface area contributed by atoms with Gasteiger partial charge in [-0.1, -0.05) is 29.3 Å². The molecule has 0 radical (unpaired) electrons. The van der Waals surface area contributed by atoms with Gasteiger partial charge >= 0.3 is 5.97 Å². The first-order valence-electron chi connectivity index (χ1n) is 7.76. The number of amides is 2. The summed E-state index contributed by atoms with van der Waals surface area (Å²) < 4.78 is 26.5. The van der Waals surface area contributed by atoms with Crippen LogP contribution in [0.3, 0.4) is 0 Å². The van der Waals surface area contributed by atoms with Crippen LogP contribution in [0.1, 0.15) is 31.1 Å². The highest BCUT2D eigenvalue weighted by atomic mass is 32.2. The van der Waals surface area contributed by atoms with Gasteiger partial charge in [0.25, 0.3) is 11.8 Å². The number of carbonyl (C=O) groups is 3. The van der Waals surface area contributed by atoms with E-state index in [1.807, 2.05) is 0 Å². The van der Waals surface area contributed by atoms with Gasteiger partial charge in [-0.25, -0.2) is 17.9 Å². The summed E-state index contributed by atoms with van der Waals surface area (Å²) >= 11 is 0. The van der Waals surface area contributed by atoms with Crippen molar-refractivity contribution >= 4 is 27.8 Å². The normalized spacial score (nSPS) is 13.4. The van der Waals surface area contributed by atoms with Gasteiger partial charge in [0, 0.05) is 6.54 Å². The van der Waals surface area contributed by atoms with Crippen LogP contribution in [0.4, 0.5) is 0 Å². The molecule has 0 aromatic heterocycles. The van der Waals surface area contributed by atoms with Gasteiger partial charge in [0.1, 0.15) is 0 Å². The fraction of sp³-hybridized carbons (Fsp3) is 0.0556. The SMILES string of the molecule is C=CCNS(=O)(=O)c1cccc(C(=O)ON2C(=O)c3ccccc3C2=O)c1. The monoisotopic (exact) mass is 386 g/mol. The Labute approximate surface area is 155 Å². The lowest BCUT2D eigenvalue weighted by Crippen LogP contribution is -2.32. The van der Waals surface area contributed by atoms with Gasteiger partial charge in [-0.05, 0) is 30.3 Å².